The van der Waals surface area contributed by atoms with Gasteiger partial charge in [0.2, 0.25) is 0 Å². The van der Waals surface area contributed by atoms with Gasteiger partial charge >= 0.3 is 0 Å². The van der Waals surface area contributed by atoms with Crippen molar-refractivity contribution in [2.45, 2.75) is 4.90 Å². The first-order valence-corrected chi connectivity index (χ1v) is 5.31. The van der Waals surface area contributed by atoms with Crippen LogP contribution in [0.4, 0.5) is 0 Å². The van der Waals surface area contributed by atoms with Crippen LogP contribution >= 0.6 is 11.8 Å². The zero-order valence-corrected chi connectivity index (χ0v) is 8.17. The minimum atomic E-state index is 0.935. The minimum absolute atomic E-state index is 0.935. The first kappa shape index (κ1) is 8.45. The summed E-state index contributed by atoms with van der Waals surface area (Å²) in [5.74, 6) is 0.935. The van der Waals surface area contributed by atoms with Crippen LogP contribution in [0.5, 0.6) is 0 Å². The van der Waals surface area contributed by atoms with Crippen LogP contribution in [0.2, 0.25) is 0 Å². The molecule has 0 aliphatic rings. The minimum Gasteiger partial charge on any atom is -0.464 e. The summed E-state index contributed by atoms with van der Waals surface area (Å²) in [5.41, 5.74) is 1.17. The molecule has 0 radical (unpaired) electrons. The highest BCUT2D eigenvalue weighted by Crippen LogP contribution is 2.29. The second kappa shape index (κ2) is 3.71. The van der Waals surface area contributed by atoms with Crippen LogP contribution in [0, 0.1) is 0 Å². The summed E-state index contributed by atoms with van der Waals surface area (Å²) in [6.45, 7) is 0. The van der Waals surface area contributed by atoms with Crippen LogP contribution in [-0.4, -0.2) is 6.26 Å². The van der Waals surface area contributed by atoms with Crippen LogP contribution in [0.15, 0.2) is 52.0 Å². The van der Waals surface area contributed by atoms with Gasteiger partial charge in [-0.1, -0.05) is 18.2 Å². The van der Waals surface area contributed by atoms with Gasteiger partial charge in [0.15, 0.2) is 0 Å². The Morgan fingerprint density at radius 2 is 1.92 bits per heavy atom. The molecule has 0 spiro atoms. The summed E-state index contributed by atoms with van der Waals surface area (Å²) in [7, 11) is 0. The van der Waals surface area contributed by atoms with Gasteiger partial charge in [-0.25, -0.2) is 0 Å². The lowest BCUT2D eigenvalue weighted by atomic mass is 10.2. The molecule has 0 aliphatic carbocycles. The maximum absolute atomic E-state index is 5.35. The van der Waals surface area contributed by atoms with E-state index >= 15 is 0 Å². The SMILES string of the molecule is CSc1ccccc1-c1ccco1. The third-order valence-corrected chi connectivity index (χ3v) is 2.69. The molecular formula is C11H10OS. The first-order chi connectivity index (χ1) is 6.42. The van der Waals surface area contributed by atoms with Crippen molar-refractivity contribution in [3.8, 4) is 11.3 Å². The number of thioether (sulfide) groups is 1. The van der Waals surface area contributed by atoms with E-state index in [-0.39, 0.29) is 0 Å². The Labute approximate surface area is 81.8 Å². The van der Waals surface area contributed by atoms with Crippen molar-refractivity contribution in [2.24, 2.45) is 0 Å². The summed E-state index contributed by atoms with van der Waals surface area (Å²) < 4.78 is 5.35. The number of hydrogen-bond donors (Lipinski definition) is 0. The molecule has 1 nitrogen and oxygen atoms in total. The van der Waals surface area contributed by atoms with E-state index in [1.54, 1.807) is 18.0 Å². The molecule has 1 heterocycles. The molecule has 2 rings (SSSR count). The Bertz CT molecular complexity index is 379. The van der Waals surface area contributed by atoms with Crippen molar-refractivity contribution in [3.05, 3.63) is 42.7 Å². The molecule has 0 bridgehead atoms. The molecule has 66 valence electrons. The van der Waals surface area contributed by atoms with E-state index in [0.717, 1.165) is 5.76 Å². The van der Waals surface area contributed by atoms with Crippen molar-refractivity contribution >= 4 is 11.8 Å². The molecule has 0 saturated heterocycles. The maximum Gasteiger partial charge on any atom is 0.134 e. The average molecular weight is 190 g/mol. The molecule has 2 heteroatoms. The fourth-order valence-electron chi connectivity index (χ4n) is 1.28. The Hall–Kier alpha value is -1.15. The molecular weight excluding hydrogens is 180 g/mol. The molecule has 0 unspecified atom stereocenters. The standard InChI is InChI=1S/C11H10OS/c1-13-11-7-3-2-5-9(11)10-6-4-8-12-10/h2-8H,1H3. The largest absolute Gasteiger partial charge is 0.464 e. The smallest absolute Gasteiger partial charge is 0.134 e. The van der Waals surface area contributed by atoms with E-state index < -0.39 is 0 Å². The highest BCUT2D eigenvalue weighted by molar-refractivity contribution is 7.98. The van der Waals surface area contributed by atoms with E-state index in [0.29, 0.717) is 0 Å². The van der Waals surface area contributed by atoms with E-state index in [1.807, 2.05) is 24.3 Å². The Balaban J connectivity index is 2.51. The molecule has 2 aromatic rings. The van der Waals surface area contributed by atoms with Gasteiger partial charge < -0.3 is 4.42 Å². The molecule has 13 heavy (non-hydrogen) atoms. The zero-order chi connectivity index (χ0) is 9.10. The van der Waals surface area contributed by atoms with Gasteiger partial charge in [0.05, 0.1) is 6.26 Å². The number of hydrogen-bond acceptors (Lipinski definition) is 2. The topological polar surface area (TPSA) is 13.1 Å². The van der Waals surface area contributed by atoms with Gasteiger partial charge in [-0.3, -0.25) is 0 Å². The quantitative estimate of drug-likeness (QED) is 0.670. The normalized spacial score (nSPS) is 10.2. The Morgan fingerprint density at radius 1 is 1.08 bits per heavy atom. The maximum atomic E-state index is 5.35. The van der Waals surface area contributed by atoms with Crippen molar-refractivity contribution in [2.75, 3.05) is 6.26 Å². The third kappa shape index (κ3) is 1.63. The molecule has 0 amide bonds. The van der Waals surface area contributed by atoms with Gasteiger partial charge in [0.25, 0.3) is 0 Å². The van der Waals surface area contributed by atoms with Crippen LogP contribution in [-0.2, 0) is 0 Å². The molecule has 0 saturated carbocycles. The summed E-state index contributed by atoms with van der Waals surface area (Å²) in [4.78, 5) is 1.25. The number of benzene rings is 1. The molecule has 1 aromatic carbocycles. The summed E-state index contributed by atoms with van der Waals surface area (Å²) >= 11 is 1.73. The lowest BCUT2D eigenvalue weighted by Gasteiger charge is -2.02. The van der Waals surface area contributed by atoms with Crippen LogP contribution in [0.25, 0.3) is 11.3 Å². The first-order valence-electron chi connectivity index (χ1n) is 4.08. The van der Waals surface area contributed by atoms with E-state index in [4.69, 9.17) is 4.42 Å². The summed E-state index contributed by atoms with van der Waals surface area (Å²) in [6.07, 6.45) is 3.77. The lowest BCUT2D eigenvalue weighted by molar-refractivity contribution is 0.581. The third-order valence-electron chi connectivity index (χ3n) is 1.89. The molecule has 0 aliphatic heterocycles. The van der Waals surface area contributed by atoms with Gasteiger partial charge in [-0.05, 0) is 24.5 Å². The van der Waals surface area contributed by atoms with E-state index in [2.05, 4.69) is 18.4 Å². The molecule has 0 fully saturated rings. The average Bonchev–Trinajstić information content (AvgIpc) is 2.70. The second-order valence-corrected chi connectivity index (χ2v) is 3.53. The fraction of sp³-hybridized carbons (Fsp3) is 0.0909. The molecule has 1 aromatic heterocycles. The van der Waals surface area contributed by atoms with E-state index in [9.17, 15) is 0 Å². The monoisotopic (exact) mass is 190 g/mol. The van der Waals surface area contributed by atoms with Gasteiger partial charge in [-0.2, -0.15) is 0 Å². The van der Waals surface area contributed by atoms with E-state index in [1.165, 1.54) is 10.5 Å². The molecule has 0 N–H and O–H groups in total. The van der Waals surface area contributed by atoms with Crippen molar-refractivity contribution in [3.63, 3.8) is 0 Å². The van der Waals surface area contributed by atoms with Crippen molar-refractivity contribution in [1.29, 1.82) is 0 Å². The van der Waals surface area contributed by atoms with Crippen LogP contribution in [0.3, 0.4) is 0 Å². The number of rotatable bonds is 2. The van der Waals surface area contributed by atoms with Gasteiger partial charge in [-0.15, -0.1) is 11.8 Å². The second-order valence-electron chi connectivity index (χ2n) is 2.68. The summed E-state index contributed by atoms with van der Waals surface area (Å²) in [6, 6.07) is 12.1. The van der Waals surface area contributed by atoms with Crippen molar-refractivity contribution in [1.82, 2.24) is 0 Å². The predicted molar refractivity (Wildman–Crippen MR) is 55.9 cm³/mol. The van der Waals surface area contributed by atoms with Crippen LogP contribution < -0.4 is 0 Å². The summed E-state index contributed by atoms with van der Waals surface area (Å²) in [5, 5.41) is 0. The fourth-order valence-corrected chi connectivity index (χ4v) is 1.88. The Morgan fingerprint density at radius 3 is 2.62 bits per heavy atom. The highest BCUT2D eigenvalue weighted by atomic mass is 32.2. The van der Waals surface area contributed by atoms with Gasteiger partial charge in [0.1, 0.15) is 5.76 Å². The lowest BCUT2D eigenvalue weighted by Crippen LogP contribution is -1.77. The van der Waals surface area contributed by atoms with Gasteiger partial charge in [0, 0.05) is 10.5 Å². The highest BCUT2D eigenvalue weighted by Gasteiger charge is 2.04. The predicted octanol–water partition coefficient (Wildman–Crippen LogP) is 3.67. The van der Waals surface area contributed by atoms with Crippen molar-refractivity contribution < 1.29 is 4.42 Å². The Kier molecular flexibility index (Phi) is 2.41. The zero-order valence-electron chi connectivity index (χ0n) is 7.36. The number of furan rings is 1. The molecule has 0 atom stereocenters. The van der Waals surface area contributed by atoms with Crippen LogP contribution in [0.1, 0.15) is 0 Å².